The zero-order valence-electron chi connectivity index (χ0n) is 9.95. The third-order valence-corrected chi connectivity index (χ3v) is 3.87. The fraction of sp³-hybridized carbons (Fsp3) is 0.0909. The van der Waals surface area contributed by atoms with Gasteiger partial charge in [-0.1, -0.05) is 0 Å². The van der Waals surface area contributed by atoms with Gasteiger partial charge in [-0.2, -0.15) is 4.39 Å². The summed E-state index contributed by atoms with van der Waals surface area (Å²) in [6.07, 6.45) is 2.74. The first kappa shape index (κ1) is 14.2. The van der Waals surface area contributed by atoms with Crippen molar-refractivity contribution in [2.24, 2.45) is 0 Å². The van der Waals surface area contributed by atoms with Crippen molar-refractivity contribution in [2.75, 3.05) is 0 Å². The number of nitro groups is 1. The number of nitrogens with one attached hydrogen (secondary N) is 1. The molecule has 0 spiro atoms. The van der Waals surface area contributed by atoms with Gasteiger partial charge in [0, 0.05) is 24.2 Å². The summed E-state index contributed by atoms with van der Waals surface area (Å²) in [6.45, 7) is -0.0303. The van der Waals surface area contributed by atoms with Crippen LogP contribution in [0.15, 0.2) is 46.1 Å². The third kappa shape index (κ3) is 3.00. The average molecular weight is 300 g/mol. The van der Waals surface area contributed by atoms with E-state index in [9.17, 15) is 22.9 Å². The van der Waals surface area contributed by atoms with Crippen LogP contribution < -0.4 is 4.72 Å². The quantitative estimate of drug-likeness (QED) is 0.670. The summed E-state index contributed by atoms with van der Waals surface area (Å²) in [7, 11) is -3.96. The molecular formula is C11H9FN2O5S. The number of furan rings is 1. The average Bonchev–Trinajstić information content (AvgIpc) is 2.89. The Morgan fingerprint density at radius 1 is 1.35 bits per heavy atom. The van der Waals surface area contributed by atoms with Gasteiger partial charge in [0.25, 0.3) is 0 Å². The van der Waals surface area contributed by atoms with Gasteiger partial charge in [-0.05, 0) is 12.1 Å². The number of hydrogen-bond acceptors (Lipinski definition) is 5. The van der Waals surface area contributed by atoms with Gasteiger partial charge in [0.05, 0.1) is 22.3 Å². The third-order valence-electron chi connectivity index (χ3n) is 2.47. The first-order valence-electron chi connectivity index (χ1n) is 5.35. The molecule has 0 saturated heterocycles. The normalized spacial score (nSPS) is 11.4. The molecule has 0 unspecified atom stereocenters. The Balaban J connectivity index is 2.21. The van der Waals surface area contributed by atoms with Gasteiger partial charge in [0.2, 0.25) is 15.8 Å². The molecule has 1 heterocycles. The number of halogens is 1. The van der Waals surface area contributed by atoms with Gasteiger partial charge in [-0.15, -0.1) is 0 Å². The van der Waals surface area contributed by atoms with Crippen LogP contribution in [0.5, 0.6) is 0 Å². The smallest absolute Gasteiger partial charge is 0.304 e. The molecule has 9 heteroatoms. The van der Waals surface area contributed by atoms with Crippen molar-refractivity contribution in [1.29, 1.82) is 0 Å². The van der Waals surface area contributed by atoms with Gasteiger partial charge < -0.3 is 4.42 Å². The van der Waals surface area contributed by atoms with E-state index in [1.165, 1.54) is 12.5 Å². The van der Waals surface area contributed by atoms with Crippen LogP contribution in [-0.4, -0.2) is 13.3 Å². The van der Waals surface area contributed by atoms with Crippen LogP contribution in [0.3, 0.4) is 0 Å². The summed E-state index contributed by atoms with van der Waals surface area (Å²) >= 11 is 0. The SMILES string of the molecule is O=[N+]([O-])c1ccc(S(=O)(=O)NCc2ccoc2)cc1F. The number of nitro benzene ring substituents is 1. The van der Waals surface area contributed by atoms with Gasteiger partial charge in [0.1, 0.15) is 0 Å². The van der Waals surface area contributed by atoms with Gasteiger partial charge >= 0.3 is 5.69 Å². The Morgan fingerprint density at radius 2 is 2.10 bits per heavy atom. The molecule has 0 aliphatic rings. The van der Waals surface area contributed by atoms with Crippen molar-refractivity contribution >= 4 is 15.7 Å². The molecule has 0 saturated carbocycles. The standard InChI is InChI=1S/C11H9FN2O5S/c12-10-5-9(1-2-11(10)14(15)16)20(17,18)13-6-8-3-4-19-7-8/h1-5,7,13H,6H2. The minimum atomic E-state index is -3.96. The fourth-order valence-corrected chi connectivity index (χ4v) is 2.49. The number of hydrogen-bond donors (Lipinski definition) is 1. The van der Waals surface area contributed by atoms with E-state index in [2.05, 4.69) is 4.72 Å². The topological polar surface area (TPSA) is 102 Å². The predicted molar refractivity (Wildman–Crippen MR) is 65.8 cm³/mol. The van der Waals surface area contributed by atoms with E-state index in [0.717, 1.165) is 12.1 Å². The Kier molecular flexibility index (Phi) is 3.81. The van der Waals surface area contributed by atoms with Crippen molar-refractivity contribution in [3.63, 3.8) is 0 Å². The summed E-state index contributed by atoms with van der Waals surface area (Å²) in [5.74, 6) is -1.21. The Morgan fingerprint density at radius 3 is 2.65 bits per heavy atom. The molecule has 0 atom stereocenters. The largest absolute Gasteiger partial charge is 0.472 e. The van der Waals surface area contributed by atoms with E-state index < -0.39 is 26.5 Å². The van der Waals surface area contributed by atoms with E-state index in [0.29, 0.717) is 11.6 Å². The van der Waals surface area contributed by atoms with Crippen LogP contribution in [0, 0.1) is 15.9 Å². The lowest BCUT2D eigenvalue weighted by Crippen LogP contribution is -2.23. The molecule has 0 bridgehead atoms. The van der Waals surface area contributed by atoms with Crippen LogP contribution in [0.1, 0.15) is 5.56 Å². The Bertz CT molecular complexity index is 727. The molecular weight excluding hydrogens is 291 g/mol. The number of sulfonamides is 1. The molecule has 106 valence electrons. The highest BCUT2D eigenvalue weighted by atomic mass is 32.2. The first-order chi connectivity index (χ1) is 9.40. The lowest BCUT2D eigenvalue weighted by molar-refractivity contribution is -0.387. The summed E-state index contributed by atoms with van der Waals surface area (Å²) in [5.41, 5.74) is -0.185. The molecule has 20 heavy (non-hydrogen) atoms. The highest BCUT2D eigenvalue weighted by Gasteiger charge is 2.20. The zero-order chi connectivity index (χ0) is 14.8. The highest BCUT2D eigenvalue weighted by Crippen LogP contribution is 2.20. The molecule has 0 radical (unpaired) electrons. The monoisotopic (exact) mass is 300 g/mol. The van der Waals surface area contributed by atoms with Crippen molar-refractivity contribution in [3.05, 3.63) is 58.3 Å². The summed E-state index contributed by atoms with van der Waals surface area (Å²) in [4.78, 5) is 9.14. The van der Waals surface area contributed by atoms with Crippen LogP contribution in [0.25, 0.3) is 0 Å². The first-order valence-corrected chi connectivity index (χ1v) is 6.83. The molecule has 2 aromatic rings. The van der Waals surface area contributed by atoms with Crippen LogP contribution >= 0.6 is 0 Å². The zero-order valence-corrected chi connectivity index (χ0v) is 10.8. The van der Waals surface area contributed by atoms with Crippen molar-refractivity contribution in [3.8, 4) is 0 Å². The minimum absolute atomic E-state index is 0.0303. The minimum Gasteiger partial charge on any atom is -0.472 e. The van der Waals surface area contributed by atoms with E-state index in [1.807, 2.05) is 0 Å². The fourth-order valence-electron chi connectivity index (χ4n) is 1.46. The second-order valence-electron chi connectivity index (χ2n) is 3.83. The number of nitrogens with zero attached hydrogens (tertiary/aromatic N) is 1. The van der Waals surface area contributed by atoms with E-state index in [4.69, 9.17) is 4.42 Å². The molecule has 0 fully saturated rings. The lowest BCUT2D eigenvalue weighted by Gasteiger charge is -2.05. The second kappa shape index (κ2) is 5.39. The summed E-state index contributed by atoms with van der Waals surface area (Å²) in [6, 6.07) is 3.95. The number of benzene rings is 1. The van der Waals surface area contributed by atoms with Gasteiger partial charge in [0.15, 0.2) is 0 Å². The maximum absolute atomic E-state index is 13.4. The second-order valence-corrected chi connectivity index (χ2v) is 5.59. The van der Waals surface area contributed by atoms with Crippen LogP contribution in [0.4, 0.5) is 10.1 Å². The molecule has 1 aromatic heterocycles. The highest BCUT2D eigenvalue weighted by molar-refractivity contribution is 7.89. The van der Waals surface area contributed by atoms with E-state index in [-0.39, 0.29) is 11.4 Å². The van der Waals surface area contributed by atoms with Crippen LogP contribution in [-0.2, 0) is 16.6 Å². The summed E-state index contributed by atoms with van der Waals surface area (Å²) < 4.78 is 44.2. The molecule has 2 rings (SSSR count). The maximum Gasteiger partial charge on any atom is 0.304 e. The molecule has 7 nitrogen and oxygen atoms in total. The van der Waals surface area contributed by atoms with Gasteiger partial charge in [-0.3, -0.25) is 10.1 Å². The Labute approximate surface area is 113 Å². The van der Waals surface area contributed by atoms with Gasteiger partial charge in [-0.25, -0.2) is 13.1 Å². The lowest BCUT2D eigenvalue weighted by atomic mass is 10.3. The van der Waals surface area contributed by atoms with Crippen molar-refractivity contribution in [1.82, 2.24) is 4.72 Å². The Hall–Kier alpha value is -2.26. The molecule has 0 aliphatic carbocycles. The molecule has 1 N–H and O–H groups in total. The number of rotatable bonds is 5. The molecule has 1 aromatic carbocycles. The van der Waals surface area contributed by atoms with E-state index in [1.54, 1.807) is 6.07 Å². The van der Waals surface area contributed by atoms with E-state index >= 15 is 0 Å². The molecule has 0 amide bonds. The molecule has 0 aliphatic heterocycles. The van der Waals surface area contributed by atoms with Crippen molar-refractivity contribution in [2.45, 2.75) is 11.4 Å². The predicted octanol–water partition coefficient (Wildman–Crippen LogP) is 1.81. The van der Waals surface area contributed by atoms with Crippen molar-refractivity contribution < 1.29 is 22.1 Å². The maximum atomic E-state index is 13.4. The van der Waals surface area contributed by atoms with Crippen LogP contribution in [0.2, 0.25) is 0 Å². The summed E-state index contributed by atoms with van der Waals surface area (Å²) in [5, 5.41) is 10.5.